The smallest absolute Gasteiger partial charge is 0.206 e. The Kier molecular flexibility index (Phi) is 5.65. The summed E-state index contributed by atoms with van der Waals surface area (Å²) in [6.45, 7) is 9.10. The molecular weight excluding hydrogens is 224 g/mol. The number of hydrazine groups is 1. The molecule has 100 valence electrons. The molecule has 1 aromatic rings. The average Bonchev–Trinajstić information content (AvgIpc) is 2.34. The van der Waals surface area contributed by atoms with Gasteiger partial charge in [0.1, 0.15) is 0 Å². The highest BCUT2D eigenvalue weighted by atomic mass is 15.3. The minimum Gasteiger partial charge on any atom is -0.353 e. The van der Waals surface area contributed by atoms with Crippen molar-refractivity contribution in [2.45, 2.75) is 46.2 Å². The molecule has 1 aromatic carbocycles. The van der Waals surface area contributed by atoms with Crippen LogP contribution in [0, 0.1) is 0 Å². The van der Waals surface area contributed by atoms with E-state index in [-0.39, 0.29) is 0 Å². The minimum atomic E-state index is 0.308. The third-order valence-electron chi connectivity index (χ3n) is 2.63. The highest BCUT2D eigenvalue weighted by Crippen LogP contribution is 2.14. The lowest BCUT2D eigenvalue weighted by atomic mass is 10.0. The zero-order valence-corrected chi connectivity index (χ0v) is 11.7. The fraction of sp³-hybridized carbons (Fsp3) is 0.500. The zero-order valence-electron chi connectivity index (χ0n) is 11.7. The Morgan fingerprint density at radius 3 is 2.22 bits per heavy atom. The summed E-state index contributed by atoms with van der Waals surface area (Å²) < 4.78 is 0. The van der Waals surface area contributed by atoms with Gasteiger partial charge in [0.05, 0.1) is 6.54 Å². The number of nitrogens with one attached hydrogen (secondary N) is 2. The second-order valence-corrected chi connectivity index (χ2v) is 5.00. The largest absolute Gasteiger partial charge is 0.353 e. The summed E-state index contributed by atoms with van der Waals surface area (Å²) in [6, 6.07) is 8.84. The monoisotopic (exact) mass is 248 g/mol. The lowest BCUT2D eigenvalue weighted by molar-refractivity contribution is 0.702. The van der Waals surface area contributed by atoms with Gasteiger partial charge in [-0.2, -0.15) is 0 Å². The van der Waals surface area contributed by atoms with Gasteiger partial charge in [-0.15, -0.1) is 0 Å². The zero-order chi connectivity index (χ0) is 13.5. The SMILES string of the molecule is CC(C)NC(=NCc1ccc(C(C)C)cc1)NN. The minimum absolute atomic E-state index is 0.308. The van der Waals surface area contributed by atoms with Crippen molar-refractivity contribution in [3.8, 4) is 0 Å². The number of hydrogen-bond donors (Lipinski definition) is 3. The van der Waals surface area contributed by atoms with Crippen LogP contribution < -0.4 is 16.6 Å². The number of guanidine groups is 1. The van der Waals surface area contributed by atoms with E-state index in [1.807, 2.05) is 13.8 Å². The second kappa shape index (κ2) is 7.01. The van der Waals surface area contributed by atoms with Crippen LogP contribution in [0.3, 0.4) is 0 Å². The Hall–Kier alpha value is -1.55. The van der Waals surface area contributed by atoms with E-state index in [9.17, 15) is 0 Å². The Bertz CT molecular complexity index is 379. The summed E-state index contributed by atoms with van der Waals surface area (Å²) in [5.74, 6) is 6.59. The van der Waals surface area contributed by atoms with Crippen LogP contribution >= 0.6 is 0 Å². The standard InChI is InChI=1S/C14H24N4/c1-10(2)13-7-5-12(6-8-13)9-16-14(18-15)17-11(3)4/h5-8,10-11H,9,15H2,1-4H3,(H2,16,17,18). The third-order valence-corrected chi connectivity index (χ3v) is 2.63. The molecule has 0 radical (unpaired) electrons. The van der Waals surface area contributed by atoms with Crippen molar-refractivity contribution in [3.05, 3.63) is 35.4 Å². The van der Waals surface area contributed by atoms with Crippen LogP contribution in [0.15, 0.2) is 29.3 Å². The van der Waals surface area contributed by atoms with Crippen LogP contribution in [0.2, 0.25) is 0 Å². The molecule has 0 fully saturated rings. The van der Waals surface area contributed by atoms with Crippen molar-refractivity contribution in [3.63, 3.8) is 0 Å². The maximum Gasteiger partial charge on any atom is 0.206 e. The predicted molar refractivity (Wildman–Crippen MR) is 77.3 cm³/mol. The molecule has 0 spiro atoms. The Morgan fingerprint density at radius 2 is 1.78 bits per heavy atom. The van der Waals surface area contributed by atoms with Crippen LogP contribution in [0.4, 0.5) is 0 Å². The first-order valence-corrected chi connectivity index (χ1v) is 6.39. The molecule has 0 unspecified atom stereocenters. The molecule has 0 aliphatic rings. The maximum absolute atomic E-state index is 5.41. The quantitative estimate of drug-likeness (QED) is 0.331. The average molecular weight is 248 g/mol. The van der Waals surface area contributed by atoms with Crippen LogP contribution in [-0.2, 0) is 6.54 Å². The summed E-state index contributed by atoms with van der Waals surface area (Å²) in [4.78, 5) is 4.40. The van der Waals surface area contributed by atoms with E-state index in [2.05, 4.69) is 53.8 Å². The molecule has 1 rings (SSSR count). The summed E-state index contributed by atoms with van der Waals surface area (Å²) in [7, 11) is 0. The number of aliphatic imine (C=N–C) groups is 1. The molecule has 4 N–H and O–H groups in total. The molecule has 0 aliphatic carbocycles. The predicted octanol–water partition coefficient (Wildman–Crippen LogP) is 2.13. The van der Waals surface area contributed by atoms with Crippen molar-refractivity contribution in [2.24, 2.45) is 10.8 Å². The highest BCUT2D eigenvalue weighted by Gasteiger charge is 2.00. The van der Waals surface area contributed by atoms with E-state index in [4.69, 9.17) is 5.84 Å². The highest BCUT2D eigenvalue weighted by molar-refractivity contribution is 5.79. The molecule has 0 bridgehead atoms. The van der Waals surface area contributed by atoms with Crippen LogP contribution in [0.25, 0.3) is 0 Å². The number of nitrogens with zero attached hydrogens (tertiary/aromatic N) is 1. The van der Waals surface area contributed by atoms with E-state index in [0.29, 0.717) is 24.5 Å². The maximum atomic E-state index is 5.41. The van der Waals surface area contributed by atoms with E-state index in [1.54, 1.807) is 0 Å². The summed E-state index contributed by atoms with van der Waals surface area (Å²) in [5, 5.41) is 3.14. The van der Waals surface area contributed by atoms with Gasteiger partial charge in [0, 0.05) is 6.04 Å². The Morgan fingerprint density at radius 1 is 1.17 bits per heavy atom. The number of nitrogens with two attached hydrogens (primary N) is 1. The molecule has 4 nitrogen and oxygen atoms in total. The van der Waals surface area contributed by atoms with Crippen molar-refractivity contribution in [2.75, 3.05) is 0 Å². The van der Waals surface area contributed by atoms with E-state index in [0.717, 1.165) is 0 Å². The number of benzene rings is 1. The number of hydrogen-bond acceptors (Lipinski definition) is 2. The normalized spacial score (nSPS) is 12.1. The lowest BCUT2D eigenvalue weighted by Gasteiger charge is -2.12. The summed E-state index contributed by atoms with van der Waals surface area (Å²) >= 11 is 0. The lowest BCUT2D eigenvalue weighted by Crippen LogP contribution is -2.44. The number of rotatable bonds is 4. The van der Waals surface area contributed by atoms with E-state index < -0.39 is 0 Å². The van der Waals surface area contributed by atoms with Gasteiger partial charge in [-0.3, -0.25) is 5.43 Å². The van der Waals surface area contributed by atoms with Gasteiger partial charge in [0.15, 0.2) is 0 Å². The van der Waals surface area contributed by atoms with Gasteiger partial charge in [0.2, 0.25) is 5.96 Å². The van der Waals surface area contributed by atoms with Crippen molar-refractivity contribution < 1.29 is 0 Å². The van der Waals surface area contributed by atoms with Gasteiger partial charge < -0.3 is 5.32 Å². The Balaban J connectivity index is 2.63. The fourth-order valence-corrected chi connectivity index (χ4v) is 1.58. The summed E-state index contributed by atoms with van der Waals surface area (Å²) in [5.41, 5.74) is 5.10. The molecule has 18 heavy (non-hydrogen) atoms. The second-order valence-electron chi connectivity index (χ2n) is 5.00. The molecule has 0 atom stereocenters. The van der Waals surface area contributed by atoms with Crippen LogP contribution in [-0.4, -0.2) is 12.0 Å². The van der Waals surface area contributed by atoms with Crippen molar-refractivity contribution >= 4 is 5.96 Å². The van der Waals surface area contributed by atoms with E-state index in [1.165, 1.54) is 11.1 Å². The Labute approximate surface area is 110 Å². The first kappa shape index (κ1) is 14.5. The van der Waals surface area contributed by atoms with Gasteiger partial charge >= 0.3 is 0 Å². The van der Waals surface area contributed by atoms with Gasteiger partial charge in [-0.05, 0) is 30.9 Å². The van der Waals surface area contributed by atoms with Crippen LogP contribution in [0.5, 0.6) is 0 Å². The molecule has 0 aromatic heterocycles. The molecule has 0 saturated heterocycles. The fourth-order valence-electron chi connectivity index (χ4n) is 1.58. The van der Waals surface area contributed by atoms with Crippen molar-refractivity contribution in [1.29, 1.82) is 0 Å². The summed E-state index contributed by atoms with van der Waals surface area (Å²) in [6.07, 6.45) is 0. The molecular formula is C14H24N4. The van der Waals surface area contributed by atoms with Crippen LogP contribution in [0.1, 0.15) is 44.7 Å². The molecule has 0 saturated carbocycles. The van der Waals surface area contributed by atoms with Gasteiger partial charge in [-0.25, -0.2) is 10.8 Å². The first-order valence-electron chi connectivity index (χ1n) is 6.39. The topological polar surface area (TPSA) is 62.4 Å². The molecule has 0 heterocycles. The first-order chi connectivity index (χ1) is 8.52. The molecule has 0 aliphatic heterocycles. The molecule has 0 amide bonds. The third kappa shape index (κ3) is 4.75. The van der Waals surface area contributed by atoms with Gasteiger partial charge in [0.25, 0.3) is 0 Å². The molecule has 4 heteroatoms. The van der Waals surface area contributed by atoms with Crippen molar-refractivity contribution in [1.82, 2.24) is 10.7 Å². The van der Waals surface area contributed by atoms with E-state index >= 15 is 0 Å². The van der Waals surface area contributed by atoms with Gasteiger partial charge in [-0.1, -0.05) is 38.1 Å².